The van der Waals surface area contributed by atoms with Gasteiger partial charge in [-0.2, -0.15) is 0 Å². The third-order valence-electron chi connectivity index (χ3n) is 4.57. The van der Waals surface area contributed by atoms with Crippen LogP contribution in [0, 0.1) is 0 Å². The Bertz CT molecular complexity index is 859. The van der Waals surface area contributed by atoms with Crippen molar-refractivity contribution in [2.45, 2.75) is 26.2 Å². The second kappa shape index (κ2) is 10.9. The summed E-state index contributed by atoms with van der Waals surface area (Å²) in [6.45, 7) is 2.80. The van der Waals surface area contributed by atoms with Crippen molar-refractivity contribution in [2.75, 3.05) is 25.6 Å². The van der Waals surface area contributed by atoms with Gasteiger partial charge in [-0.1, -0.05) is 56.2 Å². The number of ether oxygens (including phenoxy) is 1. The first-order valence-electron chi connectivity index (χ1n) is 9.67. The van der Waals surface area contributed by atoms with E-state index in [1.807, 2.05) is 48.5 Å². The van der Waals surface area contributed by atoms with Crippen LogP contribution in [0.25, 0.3) is 17.2 Å². The SMILES string of the molecule is CCCCCNC(=O)N(C)c1cccc(-c2ccc(/C=C(\OC)C(=O)O)cc2)c1. The van der Waals surface area contributed by atoms with Crippen LogP contribution < -0.4 is 10.2 Å². The maximum Gasteiger partial charge on any atom is 0.371 e. The first-order chi connectivity index (χ1) is 14.0. The molecule has 0 aromatic heterocycles. The van der Waals surface area contributed by atoms with E-state index in [1.165, 1.54) is 13.2 Å². The molecule has 0 aliphatic rings. The fraction of sp³-hybridized carbons (Fsp3) is 0.304. The lowest BCUT2D eigenvalue weighted by Gasteiger charge is -2.19. The van der Waals surface area contributed by atoms with Gasteiger partial charge in [-0.25, -0.2) is 9.59 Å². The number of benzene rings is 2. The fourth-order valence-corrected chi connectivity index (χ4v) is 2.83. The molecule has 0 aliphatic carbocycles. The van der Waals surface area contributed by atoms with Crippen molar-refractivity contribution in [3.05, 3.63) is 59.9 Å². The zero-order valence-electron chi connectivity index (χ0n) is 17.1. The average Bonchev–Trinajstić information content (AvgIpc) is 2.74. The van der Waals surface area contributed by atoms with Gasteiger partial charge in [0.1, 0.15) is 0 Å². The quantitative estimate of drug-likeness (QED) is 0.364. The smallest absolute Gasteiger partial charge is 0.371 e. The summed E-state index contributed by atoms with van der Waals surface area (Å²) in [6, 6.07) is 15.1. The maximum absolute atomic E-state index is 12.3. The van der Waals surface area contributed by atoms with E-state index in [-0.39, 0.29) is 11.8 Å². The van der Waals surface area contributed by atoms with Gasteiger partial charge in [-0.15, -0.1) is 0 Å². The van der Waals surface area contributed by atoms with Gasteiger partial charge in [0.05, 0.1) is 7.11 Å². The van der Waals surface area contributed by atoms with Gasteiger partial charge >= 0.3 is 12.0 Å². The lowest BCUT2D eigenvalue weighted by Crippen LogP contribution is -2.37. The summed E-state index contributed by atoms with van der Waals surface area (Å²) in [4.78, 5) is 25.0. The summed E-state index contributed by atoms with van der Waals surface area (Å²) >= 11 is 0. The number of carboxylic acid groups (broad SMARTS) is 1. The Morgan fingerprint density at radius 3 is 2.45 bits per heavy atom. The molecule has 6 heteroatoms. The molecule has 0 bridgehead atoms. The molecule has 0 heterocycles. The van der Waals surface area contributed by atoms with Gasteiger partial charge in [0, 0.05) is 19.3 Å². The molecule has 154 valence electrons. The van der Waals surface area contributed by atoms with Crippen LogP contribution in [0.3, 0.4) is 0 Å². The molecule has 29 heavy (non-hydrogen) atoms. The number of nitrogens with one attached hydrogen (secondary N) is 1. The zero-order chi connectivity index (χ0) is 21.2. The molecule has 0 radical (unpaired) electrons. The van der Waals surface area contributed by atoms with Crippen molar-refractivity contribution in [1.29, 1.82) is 0 Å². The normalized spacial score (nSPS) is 11.1. The minimum absolute atomic E-state index is 0.119. The number of amides is 2. The Labute approximate surface area is 171 Å². The molecular formula is C23H28N2O4. The summed E-state index contributed by atoms with van der Waals surface area (Å²) in [7, 11) is 3.08. The summed E-state index contributed by atoms with van der Waals surface area (Å²) in [6.07, 6.45) is 4.66. The van der Waals surface area contributed by atoms with Crippen LogP contribution in [0.4, 0.5) is 10.5 Å². The Morgan fingerprint density at radius 1 is 1.10 bits per heavy atom. The van der Waals surface area contributed by atoms with Crippen molar-refractivity contribution in [3.8, 4) is 11.1 Å². The Balaban J connectivity index is 2.12. The van der Waals surface area contributed by atoms with E-state index in [9.17, 15) is 9.59 Å². The number of aliphatic carboxylic acids is 1. The van der Waals surface area contributed by atoms with Crippen molar-refractivity contribution in [3.63, 3.8) is 0 Å². The fourth-order valence-electron chi connectivity index (χ4n) is 2.83. The number of hydrogen-bond acceptors (Lipinski definition) is 3. The van der Waals surface area contributed by atoms with Crippen molar-refractivity contribution >= 4 is 23.8 Å². The predicted octanol–water partition coefficient (Wildman–Crippen LogP) is 4.76. The van der Waals surface area contributed by atoms with Gasteiger partial charge in [0.15, 0.2) is 0 Å². The topological polar surface area (TPSA) is 78.9 Å². The highest BCUT2D eigenvalue weighted by molar-refractivity contribution is 5.92. The van der Waals surface area contributed by atoms with Crippen molar-refractivity contribution in [1.82, 2.24) is 5.32 Å². The summed E-state index contributed by atoms with van der Waals surface area (Å²) < 4.78 is 4.85. The molecule has 2 N–H and O–H groups in total. The van der Waals surface area contributed by atoms with E-state index in [1.54, 1.807) is 11.9 Å². The number of carbonyl (C=O) groups excluding carboxylic acids is 1. The lowest BCUT2D eigenvalue weighted by molar-refractivity contribution is -0.135. The van der Waals surface area contributed by atoms with E-state index in [0.717, 1.165) is 41.6 Å². The van der Waals surface area contributed by atoms with Gasteiger partial charge in [-0.05, 0) is 41.3 Å². The van der Waals surface area contributed by atoms with Gasteiger partial charge < -0.3 is 15.2 Å². The molecule has 0 saturated heterocycles. The summed E-state index contributed by atoms with van der Waals surface area (Å²) in [5.74, 6) is -1.23. The molecular weight excluding hydrogens is 368 g/mol. The number of urea groups is 1. The molecule has 0 saturated carbocycles. The van der Waals surface area contributed by atoms with Gasteiger partial charge in [-0.3, -0.25) is 4.90 Å². The molecule has 6 nitrogen and oxygen atoms in total. The molecule has 2 amide bonds. The molecule has 0 unspecified atom stereocenters. The molecule has 0 atom stereocenters. The third-order valence-corrected chi connectivity index (χ3v) is 4.57. The minimum Gasteiger partial charge on any atom is -0.490 e. The monoisotopic (exact) mass is 396 g/mol. The van der Waals surface area contributed by atoms with E-state index in [2.05, 4.69) is 12.2 Å². The number of nitrogens with zero attached hydrogens (tertiary/aromatic N) is 1. The standard InChI is InChI=1S/C23H28N2O4/c1-4-5-6-14-24-23(28)25(2)20-9-7-8-19(16-20)18-12-10-17(11-13-18)15-21(29-3)22(26)27/h7-13,15-16H,4-6,14H2,1-3H3,(H,24,28)(H,26,27)/b21-15-. The van der Waals surface area contributed by atoms with Crippen LogP contribution in [0.15, 0.2) is 54.3 Å². The highest BCUT2D eigenvalue weighted by Crippen LogP contribution is 2.25. The van der Waals surface area contributed by atoms with Crippen molar-refractivity contribution in [2.24, 2.45) is 0 Å². The molecule has 0 fully saturated rings. The van der Waals surface area contributed by atoms with E-state index < -0.39 is 5.97 Å². The lowest BCUT2D eigenvalue weighted by atomic mass is 10.0. The van der Waals surface area contributed by atoms with Crippen molar-refractivity contribution < 1.29 is 19.4 Å². The Hall–Kier alpha value is -3.28. The predicted molar refractivity (Wildman–Crippen MR) is 116 cm³/mol. The number of unbranched alkanes of at least 4 members (excludes halogenated alkanes) is 2. The maximum atomic E-state index is 12.3. The van der Waals surface area contributed by atoms with E-state index in [4.69, 9.17) is 9.84 Å². The number of methoxy groups -OCH3 is 1. The summed E-state index contributed by atoms with van der Waals surface area (Å²) in [5, 5.41) is 12.0. The highest BCUT2D eigenvalue weighted by atomic mass is 16.5. The first kappa shape index (κ1) is 22.0. The largest absolute Gasteiger partial charge is 0.490 e. The van der Waals surface area contributed by atoms with Gasteiger partial charge in [0.25, 0.3) is 0 Å². The van der Waals surface area contributed by atoms with Gasteiger partial charge in [0.2, 0.25) is 5.76 Å². The number of anilines is 1. The number of carbonyl (C=O) groups is 2. The minimum atomic E-state index is -1.11. The molecule has 2 aromatic rings. The Kier molecular flexibility index (Phi) is 8.27. The number of carboxylic acids is 1. The number of hydrogen-bond donors (Lipinski definition) is 2. The molecule has 2 aromatic carbocycles. The zero-order valence-corrected chi connectivity index (χ0v) is 17.1. The van der Waals surface area contributed by atoms with Crippen LogP contribution in [-0.4, -0.2) is 37.8 Å². The van der Waals surface area contributed by atoms with Crippen LogP contribution in [0.2, 0.25) is 0 Å². The molecule has 0 spiro atoms. The highest BCUT2D eigenvalue weighted by Gasteiger charge is 2.11. The van der Waals surface area contributed by atoms with Crippen LogP contribution >= 0.6 is 0 Å². The van der Waals surface area contributed by atoms with E-state index >= 15 is 0 Å². The molecule has 0 aliphatic heterocycles. The van der Waals surface area contributed by atoms with E-state index in [0.29, 0.717) is 6.54 Å². The molecule has 2 rings (SSSR count). The van der Waals surface area contributed by atoms with Crippen LogP contribution in [0.5, 0.6) is 0 Å². The average molecular weight is 396 g/mol. The van der Waals surface area contributed by atoms with Crippen LogP contribution in [-0.2, 0) is 9.53 Å². The van der Waals surface area contributed by atoms with Crippen LogP contribution in [0.1, 0.15) is 31.7 Å². The second-order valence-corrected chi connectivity index (χ2v) is 6.69. The third kappa shape index (κ3) is 6.38. The Morgan fingerprint density at radius 2 is 1.83 bits per heavy atom. The second-order valence-electron chi connectivity index (χ2n) is 6.69. The first-order valence-corrected chi connectivity index (χ1v) is 9.67. The summed E-state index contributed by atoms with van der Waals surface area (Å²) in [5.41, 5.74) is 3.46. The number of rotatable bonds is 9.